The van der Waals surface area contributed by atoms with Gasteiger partial charge in [0.1, 0.15) is 17.5 Å². The van der Waals surface area contributed by atoms with Crippen LogP contribution in [-0.4, -0.2) is 15.6 Å². The molecule has 0 unspecified atom stereocenters. The quantitative estimate of drug-likeness (QED) is 0.932. The molecule has 2 heterocycles. The van der Waals surface area contributed by atoms with Crippen molar-refractivity contribution in [2.75, 3.05) is 5.32 Å². The number of aromatic nitrogens is 2. The lowest BCUT2D eigenvalue weighted by molar-refractivity contribution is 0.124. The molecule has 0 atom stereocenters. The van der Waals surface area contributed by atoms with Crippen molar-refractivity contribution in [3.63, 3.8) is 0 Å². The van der Waals surface area contributed by atoms with Gasteiger partial charge in [-0.05, 0) is 44.5 Å². The Hall–Kier alpha value is -2.61. The molecule has 0 radical (unpaired) electrons. The molecule has 5 heteroatoms. The van der Waals surface area contributed by atoms with E-state index >= 15 is 0 Å². The second kappa shape index (κ2) is 6.23. The first-order valence-corrected chi connectivity index (χ1v) is 6.71. The second-order valence-electron chi connectivity index (χ2n) is 5.58. The number of nitriles is 1. The molecule has 0 aliphatic carbocycles. The lowest BCUT2D eigenvalue weighted by atomic mass is 10.2. The number of anilines is 1. The fourth-order valence-electron chi connectivity index (χ4n) is 1.75. The Bertz CT molecular complexity index is 656. The van der Waals surface area contributed by atoms with Crippen LogP contribution in [0.3, 0.4) is 0 Å². The van der Waals surface area contributed by atoms with Crippen LogP contribution in [0.1, 0.15) is 31.9 Å². The van der Waals surface area contributed by atoms with Crippen LogP contribution in [0.2, 0.25) is 0 Å². The first kappa shape index (κ1) is 14.8. The van der Waals surface area contributed by atoms with Gasteiger partial charge in [-0.3, -0.25) is 0 Å². The molecule has 21 heavy (non-hydrogen) atoms. The van der Waals surface area contributed by atoms with Crippen molar-refractivity contribution < 1.29 is 4.74 Å². The van der Waals surface area contributed by atoms with E-state index in [1.807, 2.05) is 32.9 Å². The van der Waals surface area contributed by atoms with E-state index in [4.69, 9.17) is 10.00 Å². The Labute approximate surface area is 124 Å². The molecule has 0 aliphatic rings. The van der Waals surface area contributed by atoms with Gasteiger partial charge in [0.25, 0.3) is 0 Å². The number of nitrogens with one attached hydrogen (secondary N) is 1. The van der Waals surface area contributed by atoms with E-state index in [9.17, 15) is 0 Å². The molecular formula is C16H18N4O. The molecule has 108 valence electrons. The minimum Gasteiger partial charge on any atom is -0.472 e. The summed E-state index contributed by atoms with van der Waals surface area (Å²) in [6.45, 7) is 6.49. The Balaban J connectivity index is 2.07. The fraction of sp³-hybridized carbons (Fsp3) is 0.312. The van der Waals surface area contributed by atoms with Crippen LogP contribution >= 0.6 is 0 Å². The molecule has 1 N–H and O–H groups in total. The van der Waals surface area contributed by atoms with Crippen LogP contribution in [0.25, 0.3) is 0 Å². The van der Waals surface area contributed by atoms with E-state index in [0.29, 0.717) is 23.8 Å². The SMILES string of the molecule is CC(C)(C)Oc1cc(CNc2ncccc2C#N)ccn1. The van der Waals surface area contributed by atoms with Crippen molar-refractivity contribution >= 4 is 5.82 Å². The Morgan fingerprint density at radius 2 is 2.05 bits per heavy atom. The van der Waals surface area contributed by atoms with E-state index < -0.39 is 0 Å². The second-order valence-corrected chi connectivity index (χ2v) is 5.58. The fourth-order valence-corrected chi connectivity index (χ4v) is 1.75. The van der Waals surface area contributed by atoms with Gasteiger partial charge in [-0.1, -0.05) is 0 Å². The summed E-state index contributed by atoms with van der Waals surface area (Å²) in [5.41, 5.74) is 1.25. The molecule has 2 rings (SSSR count). The minimum atomic E-state index is -0.284. The summed E-state index contributed by atoms with van der Waals surface area (Å²) >= 11 is 0. The van der Waals surface area contributed by atoms with Crippen LogP contribution in [-0.2, 0) is 6.54 Å². The Morgan fingerprint density at radius 3 is 2.76 bits per heavy atom. The molecule has 0 fully saturated rings. The highest BCUT2D eigenvalue weighted by Gasteiger charge is 2.12. The molecule has 0 saturated heterocycles. The highest BCUT2D eigenvalue weighted by Crippen LogP contribution is 2.17. The first-order chi connectivity index (χ1) is 9.98. The maximum atomic E-state index is 9.03. The monoisotopic (exact) mass is 282 g/mol. The molecule has 2 aromatic heterocycles. The van der Waals surface area contributed by atoms with Crippen LogP contribution < -0.4 is 10.1 Å². The summed E-state index contributed by atoms with van der Waals surface area (Å²) in [6.07, 6.45) is 3.37. The Kier molecular flexibility index (Phi) is 4.39. The zero-order valence-electron chi connectivity index (χ0n) is 12.4. The maximum Gasteiger partial charge on any atom is 0.214 e. The van der Waals surface area contributed by atoms with E-state index in [-0.39, 0.29) is 5.60 Å². The number of rotatable bonds is 4. The van der Waals surface area contributed by atoms with Crippen LogP contribution in [0.5, 0.6) is 5.88 Å². The van der Waals surface area contributed by atoms with Gasteiger partial charge in [0, 0.05) is 25.0 Å². The van der Waals surface area contributed by atoms with Gasteiger partial charge in [0.2, 0.25) is 5.88 Å². The van der Waals surface area contributed by atoms with Gasteiger partial charge in [0.15, 0.2) is 0 Å². The summed E-state index contributed by atoms with van der Waals surface area (Å²) in [5, 5.41) is 12.2. The average Bonchev–Trinajstić information content (AvgIpc) is 2.44. The van der Waals surface area contributed by atoms with Gasteiger partial charge in [-0.15, -0.1) is 0 Å². The normalized spacial score (nSPS) is 10.8. The number of ether oxygens (including phenoxy) is 1. The van der Waals surface area contributed by atoms with Crippen LogP contribution in [0, 0.1) is 11.3 Å². The van der Waals surface area contributed by atoms with Gasteiger partial charge in [-0.25, -0.2) is 9.97 Å². The number of pyridine rings is 2. The zero-order valence-corrected chi connectivity index (χ0v) is 12.4. The average molecular weight is 282 g/mol. The predicted octanol–water partition coefficient (Wildman–Crippen LogP) is 3.14. The van der Waals surface area contributed by atoms with E-state index in [2.05, 4.69) is 21.4 Å². The van der Waals surface area contributed by atoms with Crippen molar-refractivity contribution in [3.8, 4) is 11.9 Å². The van der Waals surface area contributed by atoms with E-state index in [1.54, 1.807) is 24.5 Å². The lowest BCUT2D eigenvalue weighted by Gasteiger charge is -2.20. The van der Waals surface area contributed by atoms with Crippen molar-refractivity contribution in [1.82, 2.24) is 9.97 Å². The topological polar surface area (TPSA) is 70.8 Å². The largest absolute Gasteiger partial charge is 0.472 e. The minimum absolute atomic E-state index is 0.284. The summed E-state index contributed by atoms with van der Waals surface area (Å²) in [7, 11) is 0. The van der Waals surface area contributed by atoms with Crippen LogP contribution in [0.4, 0.5) is 5.82 Å². The molecule has 0 saturated carbocycles. The number of hydrogen-bond donors (Lipinski definition) is 1. The molecule has 2 aromatic rings. The van der Waals surface area contributed by atoms with E-state index in [0.717, 1.165) is 5.56 Å². The summed E-state index contributed by atoms with van der Waals surface area (Å²) in [6, 6.07) is 9.37. The van der Waals surface area contributed by atoms with Gasteiger partial charge in [-0.2, -0.15) is 5.26 Å². The molecule has 5 nitrogen and oxygen atoms in total. The molecule has 0 amide bonds. The molecule has 0 spiro atoms. The Morgan fingerprint density at radius 1 is 1.24 bits per heavy atom. The molecule has 0 bridgehead atoms. The third-order valence-electron chi connectivity index (χ3n) is 2.60. The smallest absolute Gasteiger partial charge is 0.214 e. The van der Waals surface area contributed by atoms with Crippen molar-refractivity contribution in [2.45, 2.75) is 32.9 Å². The lowest BCUT2D eigenvalue weighted by Crippen LogP contribution is -2.23. The highest BCUT2D eigenvalue weighted by molar-refractivity contribution is 5.51. The van der Waals surface area contributed by atoms with Crippen molar-refractivity contribution in [3.05, 3.63) is 47.8 Å². The van der Waals surface area contributed by atoms with Crippen molar-refractivity contribution in [2.24, 2.45) is 0 Å². The summed E-state index contributed by atoms with van der Waals surface area (Å²) in [5.74, 6) is 1.17. The maximum absolute atomic E-state index is 9.03. The predicted molar refractivity (Wildman–Crippen MR) is 80.9 cm³/mol. The first-order valence-electron chi connectivity index (χ1n) is 6.71. The molecular weight excluding hydrogens is 264 g/mol. The molecule has 0 aromatic carbocycles. The third kappa shape index (κ3) is 4.46. The number of nitrogens with zero attached hydrogens (tertiary/aromatic N) is 3. The summed E-state index contributed by atoms with van der Waals surface area (Å²) in [4.78, 5) is 8.36. The van der Waals surface area contributed by atoms with Crippen LogP contribution in [0.15, 0.2) is 36.7 Å². The van der Waals surface area contributed by atoms with Gasteiger partial charge < -0.3 is 10.1 Å². The molecule has 0 aliphatic heterocycles. The van der Waals surface area contributed by atoms with Gasteiger partial charge in [0.05, 0.1) is 5.56 Å². The number of hydrogen-bond acceptors (Lipinski definition) is 5. The highest BCUT2D eigenvalue weighted by atomic mass is 16.5. The van der Waals surface area contributed by atoms with Crippen molar-refractivity contribution in [1.29, 1.82) is 5.26 Å². The zero-order chi connectivity index (χ0) is 15.3. The van der Waals surface area contributed by atoms with Gasteiger partial charge >= 0.3 is 0 Å². The third-order valence-corrected chi connectivity index (χ3v) is 2.60. The van der Waals surface area contributed by atoms with E-state index in [1.165, 1.54) is 0 Å². The summed E-state index contributed by atoms with van der Waals surface area (Å²) < 4.78 is 5.73. The standard InChI is InChI=1S/C16H18N4O/c1-16(2,3)21-14-9-12(6-8-18-14)11-20-15-13(10-17)5-4-7-19-15/h4-9H,11H2,1-3H3,(H,19,20).